The Hall–Kier alpha value is -3.84. The van der Waals surface area contributed by atoms with E-state index in [1.807, 2.05) is 66.3 Å². The lowest BCUT2D eigenvalue weighted by Gasteiger charge is -2.12. The lowest BCUT2D eigenvalue weighted by Crippen LogP contribution is -2.25. The molecular formula is C28H28N4O2S. The van der Waals surface area contributed by atoms with Gasteiger partial charge in [-0.25, -0.2) is 0 Å². The summed E-state index contributed by atoms with van der Waals surface area (Å²) in [6.45, 7) is 3.16. The molecule has 0 atom stereocenters. The fourth-order valence-electron chi connectivity index (χ4n) is 3.64. The monoisotopic (exact) mass is 484 g/mol. The maximum atomic E-state index is 12.4. The van der Waals surface area contributed by atoms with E-state index in [2.05, 4.69) is 46.1 Å². The Labute approximate surface area is 209 Å². The van der Waals surface area contributed by atoms with Gasteiger partial charge in [0, 0.05) is 24.6 Å². The van der Waals surface area contributed by atoms with E-state index in [-0.39, 0.29) is 23.3 Å². The van der Waals surface area contributed by atoms with Gasteiger partial charge in [0.1, 0.15) is 0 Å². The van der Waals surface area contributed by atoms with E-state index in [0.29, 0.717) is 6.54 Å². The Morgan fingerprint density at radius 3 is 2.37 bits per heavy atom. The number of amides is 2. The van der Waals surface area contributed by atoms with Crippen LogP contribution in [-0.2, 0) is 22.7 Å². The van der Waals surface area contributed by atoms with Crippen LogP contribution in [0.1, 0.15) is 16.7 Å². The molecule has 0 bridgehead atoms. The summed E-state index contributed by atoms with van der Waals surface area (Å²) in [5.74, 6) is 0.240. The summed E-state index contributed by atoms with van der Waals surface area (Å²) in [7, 11) is 0. The zero-order valence-electron chi connectivity index (χ0n) is 19.6. The second-order valence-corrected chi connectivity index (χ2v) is 9.23. The molecule has 7 heteroatoms. The Kier molecular flexibility index (Phi) is 8.35. The largest absolute Gasteiger partial charge is 0.351 e. The van der Waals surface area contributed by atoms with Gasteiger partial charge in [-0.15, -0.1) is 11.8 Å². The molecule has 35 heavy (non-hydrogen) atoms. The molecule has 0 aliphatic carbocycles. The van der Waals surface area contributed by atoms with Crippen molar-refractivity contribution in [2.75, 3.05) is 16.8 Å². The Morgan fingerprint density at radius 2 is 1.63 bits per heavy atom. The van der Waals surface area contributed by atoms with Gasteiger partial charge in [-0.05, 0) is 47.4 Å². The van der Waals surface area contributed by atoms with Crippen LogP contribution in [-0.4, -0.2) is 33.1 Å². The minimum atomic E-state index is -0.118. The highest BCUT2D eigenvalue weighted by molar-refractivity contribution is 8.00. The topological polar surface area (TPSA) is 76.0 Å². The fraction of sp³-hybridized carbons (Fsp3) is 0.179. The molecule has 0 spiro atoms. The number of aryl methyl sites for hydroxylation is 1. The third-order valence-corrected chi connectivity index (χ3v) is 6.40. The van der Waals surface area contributed by atoms with Crippen molar-refractivity contribution in [3.8, 4) is 11.1 Å². The summed E-state index contributed by atoms with van der Waals surface area (Å²) >= 11 is 1.30. The van der Waals surface area contributed by atoms with Gasteiger partial charge in [0.05, 0.1) is 18.1 Å². The maximum absolute atomic E-state index is 12.4. The first-order chi connectivity index (χ1) is 17.1. The summed E-state index contributed by atoms with van der Waals surface area (Å²) in [6, 6.07) is 26.0. The highest BCUT2D eigenvalue weighted by Crippen LogP contribution is 2.24. The van der Waals surface area contributed by atoms with Crippen molar-refractivity contribution in [1.29, 1.82) is 0 Å². The van der Waals surface area contributed by atoms with E-state index in [0.717, 1.165) is 34.5 Å². The number of benzene rings is 3. The first-order valence-electron chi connectivity index (χ1n) is 11.4. The van der Waals surface area contributed by atoms with Crippen LogP contribution in [0.15, 0.2) is 91.3 Å². The molecule has 6 nitrogen and oxygen atoms in total. The van der Waals surface area contributed by atoms with Crippen molar-refractivity contribution >= 4 is 29.3 Å². The molecule has 178 valence electrons. The van der Waals surface area contributed by atoms with Crippen molar-refractivity contribution in [3.63, 3.8) is 0 Å². The second-order valence-electron chi connectivity index (χ2n) is 8.24. The molecule has 0 saturated heterocycles. The number of anilines is 1. The van der Waals surface area contributed by atoms with E-state index in [4.69, 9.17) is 0 Å². The van der Waals surface area contributed by atoms with Crippen LogP contribution in [0.25, 0.3) is 11.1 Å². The number of nitrogens with one attached hydrogen (secondary N) is 2. The van der Waals surface area contributed by atoms with E-state index in [1.165, 1.54) is 17.3 Å². The molecule has 2 N–H and O–H groups in total. The fourth-order valence-corrected chi connectivity index (χ4v) is 4.29. The summed E-state index contributed by atoms with van der Waals surface area (Å²) < 4.78 is 1.89. The van der Waals surface area contributed by atoms with Crippen LogP contribution in [0.4, 0.5) is 5.69 Å². The maximum Gasteiger partial charge on any atom is 0.234 e. The predicted octanol–water partition coefficient (Wildman–Crippen LogP) is 4.89. The van der Waals surface area contributed by atoms with Gasteiger partial charge >= 0.3 is 0 Å². The molecule has 0 radical (unpaired) electrons. The third kappa shape index (κ3) is 7.32. The molecule has 0 aliphatic rings. The van der Waals surface area contributed by atoms with Gasteiger partial charge in [-0.3, -0.25) is 14.3 Å². The quantitative estimate of drug-likeness (QED) is 0.336. The molecule has 0 saturated carbocycles. The summed E-state index contributed by atoms with van der Waals surface area (Å²) in [5, 5.41) is 10.1. The van der Waals surface area contributed by atoms with Crippen molar-refractivity contribution in [1.82, 2.24) is 15.1 Å². The lowest BCUT2D eigenvalue weighted by atomic mass is 9.98. The summed E-state index contributed by atoms with van der Waals surface area (Å²) in [5.41, 5.74) is 6.30. The molecule has 3 aromatic carbocycles. The molecule has 4 aromatic rings. The van der Waals surface area contributed by atoms with Gasteiger partial charge in [0.2, 0.25) is 11.8 Å². The molecular weight excluding hydrogens is 456 g/mol. The van der Waals surface area contributed by atoms with Gasteiger partial charge in [0.25, 0.3) is 0 Å². The van der Waals surface area contributed by atoms with Crippen molar-refractivity contribution < 1.29 is 9.59 Å². The number of hydrogen-bond donors (Lipinski definition) is 2. The molecule has 0 aliphatic heterocycles. The van der Waals surface area contributed by atoms with Crippen LogP contribution in [0.3, 0.4) is 0 Å². The molecule has 0 fully saturated rings. The lowest BCUT2D eigenvalue weighted by molar-refractivity contribution is -0.118. The summed E-state index contributed by atoms with van der Waals surface area (Å²) in [4.78, 5) is 24.5. The first kappa shape index (κ1) is 24.3. The minimum Gasteiger partial charge on any atom is -0.351 e. The van der Waals surface area contributed by atoms with Crippen molar-refractivity contribution in [2.45, 2.75) is 20.0 Å². The highest BCUT2D eigenvalue weighted by atomic mass is 32.2. The van der Waals surface area contributed by atoms with Crippen LogP contribution >= 0.6 is 11.8 Å². The molecule has 1 heterocycles. The molecule has 1 aromatic heterocycles. The number of thioether (sulfide) groups is 1. The Balaban J connectivity index is 1.25. The standard InChI is InChI=1S/C28H28N4O2S/c1-21-7-13-25(14-8-21)31-28(34)20-35-19-27(33)29-17-24-5-2-3-6-26(24)23-11-9-22(10-12-23)18-32-16-4-15-30-32/h2-16H,17-20H2,1H3,(H,29,33)(H,31,34). The van der Waals surface area contributed by atoms with Crippen molar-refractivity contribution in [2.24, 2.45) is 0 Å². The SMILES string of the molecule is Cc1ccc(NC(=O)CSCC(=O)NCc2ccccc2-c2ccc(Cn3cccn3)cc2)cc1. The van der Waals surface area contributed by atoms with Gasteiger partial charge in [-0.1, -0.05) is 66.2 Å². The number of nitrogens with zero attached hydrogens (tertiary/aromatic N) is 2. The molecule has 2 amide bonds. The van der Waals surface area contributed by atoms with E-state index >= 15 is 0 Å². The van der Waals surface area contributed by atoms with Crippen LogP contribution in [0, 0.1) is 6.92 Å². The zero-order chi connectivity index (χ0) is 24.5. The smallest absolute Gasteiger partial charge is 0.234 e. The van der Waals surface area contributed by atoms with Gasteiger partial charge in [-0.2, -0.15) is 5.10 Å². The molecule has 4 rings (SSSR count). The number of aromatic nitrogens is 2. The van der Waals surface area contributed by atoms with E-state index in [9.17, 15) is 9.59 Å². The summed E-state index contributed by atoms with van der Waals surface area (Å²) in [6.07, 6.45) is 3.72. The average molecular weight is 485 g/mol. The van der Waals surface area contributed by atoms with E-state index < -0.39 is 0 Å². The second kappa shape index (κ2) is 12.0. The number of rotatable bonds is 10. The number of carbonyl (C=O) groups excluding carboxylic acids is 2. The van der Waals surface area contributed by atoms with Crippen LogP contribution in [0.2, 0.25) is 0 Å². The zero-order valence-corrected chi connectivity index (χ0v) is 20.4. The van der Waals surface area contributed by atoms with E-state index in [1.54, 1.807) is 6.20 Å². The molecule has 0 unspecified atom stereocenters. The van der Waals surface area contributed by atoms with Crippen LogP contribution in [0.5, 0.6) is 0 Å². The van der Waals surface area contributed by atoms with Gasteiger partial charge < -0.3 is 10.6 Å². The third-order valence-electron chi connectivity index (χ3n) is 5.46. The first-order valence-corrected chi connectivity index (χ1v) is 12.6. The van der Waals surface area contributed by atoms with Crippen molar-refractivity contribution in [3.05, 3.63) is 108 Å². The average Bonchev–Trinajstić information content (AvgIpc) is 3.38. The van der Waals surface area contributed by atoms with Crippen LogP contribution < -0.4 is 10.6 Å². The Morgan fingerprint density at radius 1 is 0.886 bits per heavy atom. The highest BCUT2D eigenvalue weighted by Gasteiger charge is 2.09. The Bertz CT molecular complexity index is 1250. The normalized spacial score (nSPS) is 10.7. The predicted molar refractivity (Wildman–Crippen MR) is 142 cm³/mol. The van der Waals surface area contributed by atoms with Gasteiger partial charge in [0.15, 0.2) is 0 Å². The number of carbonyl (C=O) groups is 2. The number of hydrogen-bond acceptors (Lipinski definition) is 4. The minimum absolute atomic E-state index is 0.0949.